The third-order valence-electron chi connectivity index (χ3n) is 2.90. The molecule has 0 aliphatic rings. The minimum absolute atomic E-state index is 0.170. The van der Waals surface area contributed by atoms with Crippen molar-refractivity contribution >= 4 is 58.1 Å². The fourth-order valence-corrected chi connectivity index (χ4v) is 3.27. The van der Waals surface area contributed by atoms with Gasteiger partial charge in [0.1, 0.15) is 12.4 Å². The van der Waals surface area contributed by atoms with Gasteiger partial charge in [0, 0.05) is 9.92 Å². The van der Waals surface area contributed by atoms with Crippen molar-refractivity contribution in [3.63, 3.8) is 0 Å². The minimum Gasteiger partial charge on any atom is -0.488 e. The lowest BCUT2D eigenvalue weighted by Crippen LogP contribution is -2.19. The van der Waals surface area contributed by atoms with Crippen LogP contribution in [0, 0.1) is 3.57 Å². The number of nitrogens with zero attached hydrogens (tertiary/aromatic N) is 1. The SMILES string of the molecule is C=CCOc1ccc(/C=N\NC(=O)CSc2ccc(Cl)cc2)cc1I. The molecule has 0 aliphatic carbocycles. The highest BCUT2D eigenvalue weighted by molar-refractivity contribution is 14.1. The monoisotopic (exact) mass is 486 g/mol. The Bertz CT molecular complexity index is 766. The van der Waals surface area contributed by atoms with Crippen LogP contribution in [-0.4, -0.2) is 24.5 Å². The summed E-state index contributed by atoms with van der Waals surface area (Å²) in [4.78, 5) is 12.8. The lowest BCUT2D eigenvalue weighted by Gasteiger charge is -2.06. The molecule has 0 aromatic heterocycles. The third-order valence-corrected chi connectivity index (χ3v) is 5.01. The minimum atomic E-state index is -0.170. The summed E-state index contributed by atoms with van der Waals surface area (Å²) in [5.74, 6) is 0.906. The fourth-order valence-electron chi connectivity index (χ4n) is 1.75. The Morgan fingerprint density at radius 1 is 1.32 bits per heavy atom. The average molecular weight is 487 g/mol. The van der Waals surface area contributed by atoms with Crippen LogP contribution >= 0.6 is 46.0 Å². The summed E-state index contributed by atoms with van der Waals surface area (Å²) < 4.78 is 6.48. The van der Waals surface area contributed by atoms with Crippen molar-refractivity contribution < 1.29 is 9.53 Å². The molecule has 2 aromatic rings. The van der Waals surface area contributed by atoms with Crippen molar-refractivity contribution in [2.24, 2.45) is 5.10 Å². The molecule has 0 bridgehead atoms. The van der Waals surface area contributed by atoms with Crippen molar-refractivity contribution in [2.45, 2.75) is 4.90 Å². The van der Waals surface area contributed by atoms with Gasteiger partial charge in [0.25, 0.3) is 0 Å². The highest BCUT2D eigenvalue weighted by Crippen LogP contribution is 2.22. The molecule has 0 spiro atoms. The van der Waals surface area contributed by atoms with Crippen LogP contribution in [0.1, 0.15) is 5.56 Å². The number of thioether (sulfide) groups is 1. The molecule has 25 heavy (non-hydrogen) atoms. The number of rotatable bonds is 8. The van der Waals surface area contributed by atoms with Crippen molar-refractivity contribution in [1.82, 2.24) is 5.43 Å². The first-order chi connectivity index (χ1) is 12.1. The van der Waals surface area contributed by atoms with Gasteiger partial charge in [-0.25, -0.2) is 5.43 Å². The normalized spacial score (nSPS) is 10.6. The Morgan fingerprint density at radius 2 is 2.08 bits per heavy atom. The Morgan fingerprint density at radius 3 is 2.76 bits per heavy atom. The van der Waals surface area contributed by atoms with Crippen LogP contribution in [0.3, 0.4) is 0 Å². The molecule has 0 radical (unpaired) electrons. The summed E-state index contributed by atoms with van der Waals surface area (Å²) in [7, 11) is 0. The number of hydrogen-bond acceptors (Lipinski definition) is 4. The molecule has 1 amide bonds. The van der Waals surface area contributed by atoms with E-state index in [1.165, 1.54) is 11.8 Å². The molecule has 0 fully saturated rings. The second-order valence-corrected chi connectivity index (χ2v) is 7.47. The molecule has 4 nitrogen and oxygen atoms in total. The molecule has 130 valence electrons. The van der Waals surface area contributed by atoms with E-state index in [1.54, 1.807) is 24.4 Å². The number of hydrazone groups is 1. The van der Waals surface area contributed by atoms with Gasteiger partial charge in [0.15, 0.2) is 0 Å². The number of halogens is 2. The van der Waals surface area contributed by atoms with Crippen LogP contribution in [0.25, 0.3) is 0 Å². The summed E-state index contributed by atoms with van der Waals surface area (Å²) in [6.45, 7) is 4.08. The topological polar surface area (TPSA) is 50.7 Å². The van der Waals surface area contributed by atoms with E-state index in [0.29, 0.717) is 11.6 Å². The van der Waals surface area contributed by atoms with Gasteiger partial charge in [-0.15, -0.1) is 11.8 Å². The van der Waals surface area contributed by atoms with Gasteiger partial charge in [0.05, 0.1) is 15.5 Å². The molecular formula is C18H16ClIN2O2S. The van der Waals surface area contributed by atoms with Crippen LogP contribution in [0.2, 0.25) is 5.02 Å². The van der Waals surface area contributed by atoms with E-state index in [0.717, 1.165) is 19.8 Å². The maximum Gasteiger partial charge on any atom is 0.250 e. The average Bonchev–Trinajstić information content (AvgIpc) is 2.60. The van der Waals surface area contributed by atoms with Crippen LogP contribution in [0.15, 0.2) is 65.1 Å². The first kappa shape index (κ1) is 19.8. The van der Waals surface area contributed by atoms with Crippen molar-refractivity contribution in [3.05, 3.63) is 69.3 Å². The largest absolute Gasteiger partial charge is 0.488 e. The van der Waals surface area contributed by atoms with Crippen molar-refractivity contribution in [1.29, 1.82) is 0 Å². The second kappa shape index (κ2) is 10.5. The number of nitrogens with one attached hydrogen (secondary N) is 1. The van der Waals surface area contributed by atoms with Crippen LogP contribution < -0.4 is 10.2 Å². The van der Waals surface area contributed by atoms with E-state index in [4.69, 9.17) is 16.3 Å². The number of benzene rings is 2. The smallest absolute Gasteiger partial charge is 0.250 e. The Labute approximate surface area is 169 Å². The molecule has 7 heteroatoms. The van der Waals surface area contributed by atoms with Crippen molar-refractivity contribution in [2.75, 3.05) is 12.4 Å². The molecule has 0 saturated carbocycles. The van der Waals surface area contributed by atoms with Crippen LogP contribution in [0.5, 0.6) is 5.75 Å². The third kappa shape index (κ3) is 7.09. The first-order valence-electron chi connectivity index (χ1n) is 7.32. The predicted molar refractivity (Wildman–Crippen MR) is 113 cm³/mol. The summed E-state index contributed by atoms with van der Waals surface area (Å²) in [6, 6.07) is 13.0. The van der Waals surface area contributed by atoms with E-state index in [-0.39, 0.29) is 11.7 Å². The molecule has 2 aromatic carbocycles. The Hall–Kier alpha value is -1.51. The van der Waals surface area contributed by atoms with Gasteiger partial charge >= 0.3 is 0 Å². The van der Waals surface area contributed by atoms with Gasteiger partial charge in [0.2, 0.25) is 5.91 Å². The van der Waals surface area contributed by atoms with Gasteiger partial charge in [-0.2, -0.15) is 5.10 Å². The van der Waals surface area contributed by atoms with E-state index in [1.807, 2.05) is 30.3 Å². The van der Waals surface area contributed by atoms with E-state index in [9.17, 15) is 4.79 Å². The zero-order valence-electron chi connectivity index (χ0n) is 13.2. The summed E-state index contributed by atoms with van der Waals surface area (Å²) in [5, 5.41) is 4.66. The summed E-state index contributed by atoms with van der Waals surface area (Å²) >= 11 is 9.44. The maximum absolute atomic E-state index is 11.8. The van der Waals surface area contributed by atoms with Crippen LogP contribution in [0.4, 0.5) is 0 Å². The van der Waals surface area contributed by atoms with Gasteiger partial charge in [-0.1, -0.05) is 24.3 Å². The zero-order chi connectivity index (χ0) is 18.1. The Balaban J connectivity index is 1.81. The van der Waals surface area contributed by atoms with Crippen LogP contribution in [-0.2, 0) is 4.79 Å². The highest BCUT2D eigenvalue weighted by atomic mass is 127. The molecule has 1 N–H and O–H groups in total. The zero-order valence-corrected chi connectivity index (χ0v) is 17.0. The first-order valence-corrected chi connectivity index (χ1v) is 9.76. The summed E-state index contributed by atoms with van der Waals surface area (Å²) in [5.41, 5.74) is 3.39. The summed E-state index contributed by atoms with van der Waals surface area (Å²) in [6.07, 6.45) is 3.30. The number of amides is 1. The molecule has 0 heterocycles. The maximum atomic E-state index is 11.8. The van der Waals surface area contributed by atoms with Gasteiger partial charge in [-0.05, 0) is 70.6 Å². The number of carbonyl (C=O) groups excluding carboxylic acids is 1. The standard InChI is InChI=1S/C18H16ClIN2O2S/c1-2-9-24-17-8-3-13(10-16(17)20)11-21-22-18(23)12-25-15-6-4-14(19)5-7-15/h2-8,10-11H,1,9,12H2,(H,22,23)/b21-11-. The second-order valence-electron chi connectivity index (χ2n) is 4.83. The fraction of sp³-hybridized carbons (Fsp3) is 0.111. The molecule has 2 rings (SSSR count). The molecule has 0 saturated heterocycles. The van der Waals surface area contributed by atoms with Gasteiger partial charge < -0.3 is 4.74 Å². The Kier molecular flexibility index (Phi) is 8.30. The molecular weight excluding hydrogens is 471 g/mol. The molecule has 0 unspecified atom stereocenters. The van der Waals surface area contributed by atoms with Crippen molar-refractivity contribution in [3.8, 4) is 5.75 Å². The number of hydrogen-bond donors (Lipinski definition) is 1. The predicted octanol–water partition coefficient (Wildman–Crippen LogP) is 4.75. The molecule has 0 atom stereocenters. The number of carbonyl (C=O) groups is 1. The lowest BCUT2D eigenvalue weighted by atomic mass is 10.2. The van der Waals surface area contributed by atoms with E-state index >= 15 is 0 Å². The molecule has 0 aliphatic heterocycles. The van der Waals surface area contributed by atoms with E-state index in [2.05, 4.69) is 39.7 Å². The van der Waals surface area contributed by atoms with E-state index < -0.39 is 0 Å². The highest BCUT2D eigenvalue weighted by Gasteiger charge is 2.03. The number of ether oxygens (including phenoxy) is 1. The van der Waals surface area contributed by atoms with Gasteiger partial charge in [-0.3, -0.25) is 4.79 Å². The quantitative estimate of drug-likeness (QED) is 0.193. The lowest BCUT2D eigenvalue weighted by molar-refractivity contribution is -0.118.